The van der Waals surface area contributed by atoms with Crippen LogP contribution in [0.3, 0.4) is 0 Å². The average Bonchev–Trinajstić information content (AvgIpc) is 3.17. The van der Waals surface area contributed by atoms with E-state index in [4.69, 9.17) is 9.47 Å². The van der Waals surface area contributed by atoms with Crippen LogP contribution < -0.4 is 10.1 Å². The summed E-state index contributed by atoms with van der Waals surface area (Å²) in [6, 6.07) is 2.28. The van der Waals surface area contributed by atoms with E-state index in [1.807, 2.05) is 13.1 Å². The lowest BCUT2D eigenvalue weighted by molar-refractivity contribution is -0.169. The molecule has 0 saturated carbocycles. The number of likely N-dealkylation sites (tertiary alicyclic amines) is 1. The number of hydrogen-bond acceptors (Lipinski definition) is 8. The van der Waals surface area contributed by atoms with Crippen molar-refractivity contribution in [3.63, 3.8) is 0 Å². The van der Waals surface area contributed by atoms with Crippen molar-refractivity contribution >= 4 is 17.8 Å². The first-order valence-corrected chi connectivity index (χ1v) is 12.4. The largest absolute Gasteiger partial charge is 0.504 e. The van der Waals surface area contributed by atoms with Gasteiger partial charge in [-0.25, -0.2) is 4.79 Å². The van der Waals surface area contributed by atoms with Crippen molar-refractivity contribution in [2.24, 2.45) is 5.92 Å². The maximum absolute atomic E-state index is 12.7. The van der Waals surface area contributed by atoms with E-state index in [2.05, 4.69) is 10.2 Å². The molecule has 194 valence electrons. The second-order valence-corrected chi connectivity index (χ2v) is 10.7. The molecule has 36 heavy (non-hydrogen) atoms. The summed E-state index contributed by atoms with van der Waals surface area (Å²) in [5.74, 6) is -2.07. The lowest BCUT2D eigenvalue weighted by atomic mass is 9.50. The Morgan fingerprint density at radius 2 is 2.03 bits per heavy atom. The Hall–Kier alpha value is -3.11. The molecule has 0 radical (unpaired) electrons. The summed E-state index contributed by atoms with van der Waals surface area (Å²) in [5.41, 5.74) is -0.211. The van der Waals surface area contributed by atoms with Gasteiger partial charge in [-0.15, -0.1) is 0 Å². The first-order chi connectivity index (χ1) is 17.0. The van der Waals surface area contributed by atoms with Crippen LogP contribution >= 0.6 is 0 Å². The topological polar surface area (TPSA) is 146 Å². The summed E-state index contributed by atoms with van der Waals surface area (Å²) in [6.45, 7) is 4.08. The number of phenolic OH excluding ortho intramolecular Hbond substituents is 1. The zero-order chi connectivity index (χ0) is 26.0. The van der Waals surface area contributed by atoms with Gasteiger partial charge in [0.1, 0.15) is 11.8 Å². The summed E-state index contributed by atoms with van der Waals surface area (Å²) >= 11 is 0. The van der Waals surface area contributed by atoms with Gasteiger partial charge < -0.3 is 35.0 Å². The number of aliphatic carboxylic acids is 1. The van der Waals surface area contributed by atoms with Gasteiger partial charge in [-0.1, -0.05) is 19.9 Å². The number of likely N-dealkylation sites (N-methyl/N-ethyl adjacent to an activating group) is 1. The first kappa shape index (κ1) is 24.6. The summed E-state index contributed by atoms with van der Waals surface area (Å²) in [7, 11) is 1.99. The zero-order valence-corrected chi connectivity index (χ0v) is 20.6. The molecule has 2 bridgehead atoms. The number of phenols is 1. The SMILES string of the molecule is CC(C)C(NC(=O)CCC(=O)OC1=CC[C@@]2(O)[C@H]3Cc4ccc(O)c5c4[C@@]2(CCN3C)C1O5)C(=O)O. The Morgan fingerprint density at radius 3 is 2.72 bits per heavy atom. The Labute approximate surface area is 208 Å². The molecule has 4 N–H and O–H groups in total. The molecule has 10 nitrogen and oxygen atoms in total. The summed E-state index contributed by atoms with van der Waals surface area (Å²) < 4.78 is 11.9. The second-order valence-electron chi connectivity index (χ2n) is 10.7. The standard InChI is InChI=1S/C26H32N2O8/c1-13(2)21(24(32)33)27-18(30)6-7-19(31)35-16-8-9-26(34)17-12-14-4-5-15(29)22-20(14)25(26,23(16)36-22)10-11-28(17)3/h4-5,8,13,17,21,23,29,34H,6-7,9-12H2,1-3H3,(H,27,30)(H,32,33)/t17-,21?,23?,25+,26-/m1/s1. The molecule has 1 aromatic carbocycles. The van der Waals surface area contributed by atoms with Gasteiger partial charge in [-0.2, -0.15) is 0 Å². The summed E-state index contributed by atoms with van der Waals surface area (Å²) in [5, 5.41) is 34.3. The number of hydrogen-bond donors (Lipinski definition) is 4. The second kappa shape index (κ2) is 8.48. The van der Waals surface area contributed by atoms with Crippen molar-refractivity contribution in [2.75, 3.05) is 13.6 Å². The lowest BCUT2D eigenvalue weighted by Crippen LogP contribution is -2.74. The molecule has 0 aromatic heterocycles. The number of piperidine rings is 1. The molecule has 2 heterocycles. The molecule has 4 aliphatic rings. The fraction of sp³-hybridized carbons (Fsp3) is 0.577. The molecule has 5 atom stereocenters. The number of esters is 1. The molecule has 1 amide bonds. The number of aliphatic hydroxyl groups is 1. The Balaban J connectivity index is 1.36. The van der Waals surface area contributed by atoms with Crippen molar-refractivity contribution in [1.82, 2.24) is 10.2 Å². The highest BCUT2D eigenvalue weighted by Gasteiger charge is 2.72. The van der Waals surface area contributed by atoms with Crippen molar-refractivity contribution in [2.45, 2.75) is 75.2 Å². The number of benzene rings is 1. The molecule has 2 aliphatic carbocycles. The number of amides is 1. The molecule has 2 aliphatic heterocycles. The number of carbonyl (C=O) groups excluding carboxylic acids is 2. The van der Waals surface area contributed by atoms with Crippen LogP contribution in [-0.2, 0) is 31.0 Å². The number of carbonyl (C=O) groups is 3. The van der Waals surface area contributed by atoms with Crippen molar-refractivity contribution in [3.8, 4) is 11.5 Å². The van der Waals surface area contributed by atoms with Crippen LogP contribution in [0.1, 0.15) is 50.7 Å². The Morgan fingerprint density at radius 1 is 1.28 bits per heavy atom. The number of carboxylic acid groups (broad SMARTS) is 1. The molecule has 1 fully saturated rings. The van der Waals surface area contributed by atoms with Crippen LogP contribution in [0, 0.1) is 5.92 Å². The van der Waals surface area contributed by atoms with Crippen LogP contribution in [0.15, 0.2) is 24.0 Å². The Bertz CT molecular complexity index is 1160. The minimum atomic E-state index is -1.16. The minimum absolute atomic E-state index is 0.0160. The quantitative estimate of drug-likeness (QED) is 0.406. The van der Waals surface area contributed by atoms with E-state index in [-0.39, 0.29) is 42.7 Å². The number of nitrogens with one attached hydrogen (secondary N) is 1. The third-order valence-corrected chi connectivity index (χ3v) is 8.39. The molecule has 1 aromatic rings. The Kier molecular flexibility index (Phi) is 5.79. The van der Waals surface area contributed by atoms with Gasteiger partial charge in [0.15, 0.2) is 17.6 Å². The van der Waals surface area contributed by atoms with Gasteiger partial charge in [0, 0.05) is 24.4 Å². The predicted molar refractivity (Wildman–Crippen MR) is 126 cm³/mol. The molecule has 1 spiro atoms. The number of rotatable bonds is 7. The third kappa shape index (κ3) is 3.42. The van der Waals surface area contributed by atoms with Gasteiger partial charge in [-0.3, -0.25) is 9.59 Å². The van der Waals surface area contributed by atoms with E-state index >= 15 is 0 Å². The molecule has 5 rings (SSSR count). The van der Waals surface area contributed by atoms with Crippen LogP contribution in [0.5, 0.6) is 11.5 Å². The number of nitrogens with zero attached hydrogens (tertiary/aromatic N) is 1. The molecule has 10 heteroatoms. The van der Waals surface area contributed by atoms with Crippen LogP contribution in [0.2, 0.25) is 0 Å². The third-order valence-electron chi connectivity index (χ3n) is 8.39. The lowest BCUT2D eigenvalue weighted by Gasteiger charge is -2.61. The maximum Gasteiger partial charge on any atom is 0.326 e. The van der Waals surface area contributed by atoms with E-state index in [1.54, 1.807) is 26.0 Å². The molecular formula is C26H32N2O8. The number of ether oxygens (including phenoxy) is 2. The smallest absolute Gasteiger partial charge is 0.326 e. The van der Waals surface area contributed by atoms with Gasteiger partial charge in [-0.05, 0) is 50.1 Å². The molecule has 1 saturated heterocycles. The highest BCUT2D eigenvalue weighted by atomic mass is 16.6. The normalized spacial score (nSPS) is 30.6. The van der Waals surface area contributed by atoms with Crippen LogP contribution in [0.25, 0.3) is 0 Å². The fourth-order valence-electron chi connectivity index (χ4n) is 6.59. The monoisotopic (exact) mass is 500 g/mol. The van der Waals surface area contributed by atoms with Crippen molar-refractivity contribution < 1.29 is 39.2 Å². The molecular weight excluding hydrogens is 468 g/mol. The molecule has 2 unspecified atom stereocenters. The van der Waals surface area contributed by atoms with Gasteiger partial charge in [0.25, 0.3) is 0 Å². The van der Waals surface area contributed by atoms with Crippen molar-refractivity contribution in [1.29, 1.82) is 0 Å². The first-order valence-electron chi connectivity index (χ1n) is 12.4. The van der Waals surface area contributed by atoms with E-state index in [0.29, 0.717) is 25.1 Å². The average molecular weight is 501 g/mol. The maximum atomic E-state index is 12.7. The van der Waals surface area contributed by atoms with E-state index in [0.717, 1.165) is 11.1 Å². The van der Waals surface area contributed by atoms with Gasteiger partial charge >= 0.3 is 11.9 Å². The van der Waals surface area contributed by atoms with Crippen molar-refractivity contribution in [3.05, 3.63) is 35.1 Å². The van der Waals surface area contributed by atoms with E-state index in [9.17, 15) is 29.7 Å². The van der Waals surface area contributed by atoms with Crippen LogP contribution in [-0.4, -0.2) is 75.4 Å². The van der Waals surface area contributed by atoms with Crippen LogP contribution in [0.4, 0.5) is 0 Å². The zero-order valence-electron chi connectivity index (χ0n) is 20.6. The van der Waals surface area contributed by atoms with E-state index < -0.39 is 41.0 Å². The summed E-state index contributed by atoms with van der Waals surface area (Å²) in [4.78, 5) is 38.4. The fourth-order valence-corrected chi connectivity index (χ4v) is 6.59. The summed E-state index contributed by atoms with van der Waals surface area (Å²) in [6.07, 6.45) is 1.87. The van der Waals surface area contributed by atoms with Gasteiger partial charge in [0.2, 0.25) is 5.91 Å². The number of aromatic hydroxyl groups is 1. The predicted octanol–water partition coefficient (Wildman–Crippen LogP) is 1.22. The van der Waals surface area contributed by atoms with Gasteiger partial charge in [0.05, 0.1) is 17.4 Å². The number of carboxylic acids is 1. The minimum Gasteiger partial charge on any atom is -0.504 e. The highest BCUT2D eigenvalue weighted by Crippen LogP contribution is 2.65. The highest BCUT2D eigenvalue weighted by molar-refractivity contribution is 5.86. The van der Waals surface area contributed by atoms with E-state index in [1.165, 1.54) is 0 Å².